The molecule has 0 saturated heterocycles. The number of aryl methyl sites for hydroxylation is 2. The smallest absolute Gasteiger partial charge is 0.280 e. The minimum Gasteiger partial charge on any atom is -0.305 e. The van der Waals surface area contributed by atoms with Crippen molar-refractivity contribution in [3.8, 4) is 0 Å². The van der Waals surface area contributed by atoms with Crippen LogP contribution in [0.25, 0.3) is 0 Å². The minimum atomic E-state index is -2.58. The van der Waals surface area contributed by atoms with Gasteiger partial charge in [-0.3, -0.25) is 0 Å². The van der Waals surface area contributed by atoms with E-state index in [0.717, 1.165) is 21.9 Å². The Morgan fingerprint density at radius 1 is 1.05 bits per heavy atom. The molecule has 5 nitrogen and oxygen atoms in total. The van der Waals surface area contributed by atoms with Crippen LogP contribution in [0.2, 0.25) is 0 Å². The predicted octanol–water partition coefficient (Wildman–Crippen LogP) is 2.75. The molecule has 20 heavy (non-hydrogen) atoms. The highest BCUT2D eigenvalue weighted by Crippen LogP contribution is 2.20. The van der Waals surface area contributed by atoms with Crippen molar-refractivity contribution < 1.29 is 8.78 Å². The highest BCUT2D eigenvalue weighted by Gasteiger charge is 2.23. The number of rotatable bonds is 1. The standard InChI is InChI=1S/C13H13F2N5/c1-8-3-4-9(2)19(8)11-7-12(18-17-11)20-10(13(14)15)5-6-16-20/h3-6,13H,7H2,1-2H3. The Labute approximate surface area is 114 Å². The van der Waals surface area contributed by atoms with Crippen LogP contribution in [0.5, 0.6) is 0 Å². The summed E-state index contributed by atoms with van der Waals surface area (Å²) in [5.74, 6) is 1.13. The minimum absolute atomic E-state index is 0.166. The molecule has 3 heterocycles. The molecule has 2 aromatic heterocycles. The molecule has 0 spiro atoms. The zero-order valence-electron chi connectivity index (χ0n) is 11.1. The fraction of sp³-hybridized carbons (Fsp3) is 0.308. The van der Waals surface area contributed by atoms with Gasteiger partial charge in [0.1, 0.15) is 11.5 Å². The normalized spacial score (nSPS) is 14.8. The Morgan fingerprint density at radius 2 is 1.70 bits per heavy atom. The molecule has 1 aliphatic rings. The van der Waals surface area contributed by atoms with E-state index in [1.807, 2.05) is 30.5 Å². The lowest BCUT2D eigenvalue weighted by Gasteiger charge is -2.09. The lowest BCUT2D eigenvalue weighted by atomic mass is 10.3. The summed E-state index contributed by atoms with van der Waals surface area (Å²) < 4.78 is 28.8. The van der Waals surface area contributed by atoms with Crippen molar-refractivity contribution in [1.29, 1.82) is 0 Å². The molecule has 0 fully saturated rings. The number of hydrogen-bond donors (Lipinski definition) is 0. The van der Waals surface area contributed by atoms with Gasteiger partial charge >= 0.3 is 0 Å². The number of aromatic nitrogens is 3. The zero-order valence-corrected chi connectivity index (χ0v) is 11.1. The Kier molecular flexibility index (Phi) is 2.96. The molecular formula is C13H13F2N5. The van der Waals surface area contributed by atoms with Gasteiger partial charge in [-0.2, -0.15) is 5.10 Å². The van der Waals surface area contributed by atoms with Gasteiger partial charge in [0.25, 0.3) is 6.43 Å². The van der Waals surface area contributed by atoms with Gasteiger partial charge in [-0.15, -0.1) is 10.2 Å². The van der Waals surface area contributed by atoms with E-state index in [0.29, 0.717) is 12.3 Å². The van der Waals surface area contributed by atoms with Crippen LogP contribution in [0.3, 0.4) is 0 Å². The second-order valence-corrected chi connectivity index (χ2v) is 4.63. The predicted molar refractivity (Wildman–Crippen MR) is 71.4 cm³/mol. The molecule has 0 N–H and O–H groups in total. The molecule has 3 rings (SSSR count). The van der Waals surface area contributed by atoms with Crippen molar-refractivity contribution in [2.75, 3.05) is 0 Å². The molecule has 0 bridgehead atoms. The van der Waals surface area contributed by atoms with E-state index >= 15 is 0 Å². The average molecular weight is 277 g/mol. The van der Waals surface area contributed by atoms with Crippen molar-refractivity contribution in [2.45, 2.75) is 26.7 Å². The molecule has 0 unspecified atom stereocenters. The topological polar surface area (TPSA) is 47.5 Å². The first-order valence-corrected chi connectivity index (χ1v) is 6.19. The van der Waals surface area contributed by atoms with E-state index in [1.54, 1.807) is 0 Å². The van der Waals surface area contributed by atoms with Crippen molar-refractivity contribution in [3.63, 3.8) is 0 Å². The van der Waals surface area contributed by atoms with E-state index in [-0.39, 0.29) is 5.69 Å². The molecule has 1 aliphatic heterocycles. The summed E-state index contributed by atoms with van der Waals surface area (Å²) in [5, 5.41) is 12.0. The van der Waals surface area contributed by atoms with Crippen molar-refractivity contribution in [2.24, 2.45) is 10.2 Å². The van der Waals surface area contributed by atoms with Crippen LogP contribution in [0.4, 0.5) is 8.78 Å². The van der Waals surface area contributed by atoms with Gasteiger partial charge in [0, 0.05) is 17.6 Å². The lowest BCUT2D eigenvalue weighted by molar-refractivity contribution is 0.143. The number of hydrogen-bond acceptors (Lipinski definition) is 3. The van der Waals surface area contributed by atoms with Gasteiger partial charge in [-0.05, 0) is 32.0 Å². The van der Waals surface area contributed by atoms with E-state index < -0.39 is 6.43 Å². The van der Waals surface area contributed by atoms with Gasteiger partial charge in [-0.25, -0.2) is 13.5 Å². The summed E-state index contributed by atoms with van der Waals surface area (Å²) in [5.41, 5.74) is 1.90. The van der Waals surface area contributed by atoms with Crippen molar-refractivity contribution >= 4 is 11.7 Å². The van der Waals surface area contributed by atoms with Gasteiger partial charge in [0.2, 0.25) is 0 Å². The first kappa shape index (κ1) is 12.7. The second-order valence-electron chi connectivity index (χ2n) is 4.63. The van der Waals surface area contributed by atoms with E-state index in [1.165, 1.54) is 12.3 Å². The monoisotopic (exact) mass is 277 g/mol. The number of halogens is 2. The highest BCUT2D eigenvalue weighted by molar-refractivity contribution is 6.07. The third-order valence-electron chi connectivity index (χ3n) is 3.27. The molecular weight excluding hydrogens is 264 g/mol. The summed E-state index contributed by atoms with van der Waals surface area (Å²) >= 11 is 0. The summed E-state index contributed by atoms with van der Waals surface area (Å²) in [6, 6.07) is 5.25. The summed E-state index contributed by atoms with van der Waals surface area (Å²) in [6.07, 6.45) is -0.870. The first-order valence-electron chi connectivity index (χ1n) is 6.19. The van der Waals surface area contributed by atoms with E-state index in [4.69, 9.17) is 0 Å². The molecule has 0 atom stereocenters. The lowest BCUT2D eigenvalue weighted by Crippen LogP contribution is -2.21. The molecule has 0 amide bonds. The second kappa shape index (κ2) is 4.66. The number of nitrogens with zero attached hydrogens (tertiary/aromatic N) is 5. The Morgan fingerprint density at radius 3 is 2.35 bits per heavy atom. The Hall–Kier alpha value is -2.31. The summed E-state index contributed by atoms with van der Waals surface area (Å²) in [6.45, 7) is 3.93. The van der Waals surface area contributed by atoms with E-state index in [2.05, 4.69) is 15.3 Å². The van der Waals surface area contributed by atoms with Crippen LogP contribution < -0.4 is 0 Å². The fourth-order valence-electron chi connectivity index (χ4n) is 2.34. The van der Waals surface area contributed by atoms with Gasteiger partial charge < -0.3 is 4.57 Å². The van der Waals surface area contributed by atoms with Crippen LogP contribution in [-0.4, -0.2) is 26.0 Å². The zero-order chi connectivity index (χ0) is 14.3. The van der Waals surface area contributed by atoms with Gasteiger partial charge in [0.05, 0.1) is 6.42 Å². The van der Waals surface area contributed by atoms with Crippen LogP contribution in [-0.2, 0) is 0 Å². The highest BCUT2D eigenvalue weighted by atomic mass is 19.3. The molecule has 0 saturated carbocycles. The fourth-order valence-corrected chi connectivity index (χ4v) is 2.34. The van der Waals surface area contributed by atoms with Crippen LogP contribution in [0.1, 0.15) is 29.9 Å². The number of alkyl halides is 2. The van der Waals surface area contributed by atoms with Gasteiger partial charge in [-0.1, -0.05) is 0 Å². The summed E-state index contributed by atoms with van der Waals surface area (Å²) in [4.78, 5) is 0. The van der Waals surface area contributed by atoms with Crippen molar-refractivity contribution in [1.82, 2.24) is 14.3 Å². The van der Waals surface area contributed by atoms with E-state index in [9.17, 15) is 8.78 Å². The molecule has 2 aromatic rings. The third kappa shape index (κ3) is 1.95. The maximum Gasteiger partial charge on any atom is 0.280 e. The van der Waals surface area contributed by atoms with Crippen LogP contribution in [0, 0.1) is 13.8 Å². The molecule has 0 aromatic carbocycles. The largest absolute Gasteiger partial charge is 0.305 e. The molecule has 0 radical (unpaired) electrons. The Balaban J connectivity index is 1.87. The third-order valence-corrected chi connectivity index (χ3v) is 3.27. The van der Waals surface area contributed by atoms with Crippen LogP contribution >= 0.6 is 0 Å². The average Bonchev–Trinajstić information content (AvgIpc) is 3.08. The Bertz CT molecular complexity index is 689. The van der Waals surface area contributed by atoms with Crippen molar-refractivity contribution in [3.05, 3.63) is 41.5 Å². The molecule has 7 heteroatoms. The quantitative estimate of drug-likeness (QED) is 0.790. The van der Waals surface area contributed by atoms with Crippen LogP contribution in [0.15, 0.2) is 34.6 Å². The van der Waals surface area contributed by atoms with Gasteiger partial charge in [0.15, 0.2) is 5.84 Å². The maximum atomic E-state index is 12.9. The first-order chi connectivity index (χ1) is 9.58. The maximum absolute atomic E-state index is 12.9. The SMILES string of the molecule is Cc1ccc(C)n1C1=NN=C(n2nccc2C(F)F)C1. The molecule has 104 valence electrons. The molecule has 0 aliphatic carbocycles. The summed E-state index contributed by atoms with van der Waals surface area (Å²) in [7, 11) is 0.